The van der Waals surface area contributed by atoms with Gasteiger partial charge in [0, 0.05) is 18.9 Å². The second-order valence-corrected chi connectivity index (χ2v) is 3.25. The van der Waals surface area contributed by atoms with Crippen molar-refractivity contribution in [2.24, 2.45) is 5.73 Å². The zero-order chi connectivity index (χ0) is 9.19. The number of nitrogens with zero attached hydrogens (tertiary/aromatic N) is 3. The van der Waals surface area contributed by atoms with Crippen LogP contribution in [0.25, 0.3) is 0 Å². The minimum absolute atomic E-state index is 0.235. The van der Waals surface area contributed by atoms with Gasteiger partial charge in [0.2, 0.25) is 5.82 Å². The minimum atomic E-state index is -0.235. The first kappa shape index (κ1) is 8.75. The lowest BCUT2D eigenvalue weighted by atomic mass is 10.1. The van der Waals surface area contributed by atoms with Crippen LogP contribution in [0.1, 0.15) is 19.7 Å². The van der Waals surface area contributed by atoms with Crippen LogP contribution in [0.5, 0.6) is 0 Å². The molecule has 1 aromatic heterocycles. The van der Waals surface area contributed by atoms with E-state index in [1.165, 1.54) is 0 Å². The van der Waals surface area contributed by atoms with Crippen LogP contribution < -0.4 is 5.73 Å². The van der Waals surface area contributed by atoms with Gasteiger partial charge < -0.3 is 10.3 Å². The summed E-state index contributed by atoms with van der Waals surface area (Å²) in [4.78, 5) is 3.90. The zero-order valence-electron chi connectivity index (χ0n) is 7.28. The second-order valence-electron chi connectivity index (χ2n) is 3.25. The number of aromatic nitrogens is 2. The fourth-order valence-corrected chi connectivity index (χ4v) is 0.973. The summed E-state index contributed by atoms with van der Waals surface area (Å²) in [5.74, 6) is 0.408. The van der Waals surface area contributed by atoms with Gasteiger partial charge in [-0.2, -0.15) is 5.26 Å². The van der Waals surface area contributed by atoms with Crippen LogP contribution in [0.4, 0.5) is 0 Å². The summed E-state index contributed by atoms with van der Waals surface area (Å²) in [5, 5.41) is 8.69. The molecule has 0 unspecified atom stereocenters. The van der Waals surface area contributed by atoms with E-state index in [0.29, 0.717) is 12.4 Å². The molecule has 0 radical (unpaired) electrons. The molecule has 2 N–H and O–H groups in total. The van der Waals surface area contributed by atoms with E-state index in [1.807, 2.05) is 19.9 Å². The van der Waals surface area contributed by atoms with E-state index < -0.39 is 0 Å². The molecule has 0 fully saturated rings. The van der Waals surface area contributed by atoms with Gasteiger partial charge in [0.15, 0.2) is 0 Å². The quantitative estimate of drug-likeness (QED) is 0.690. The number of hydrogen-bond donors (Lipinski definition) is 1. The summed E-state index contributed by atoms with van der Waals surface area (Å²) in [6, 6.07) is 2.01. The summed E-state index contributed by atoms with van der Waals surface area (Å²) in [7, 11) is 0. The maximum absolute atomic E-state index is 8.69. The Bertz CT molecular complexity index is 305. The monoisotopic (exact) mass is 164 g/mol. The topological polar surface area (TPSA) is 67.6 Å². The number of nitrogens with two attached hydrogens (primary N) is 1. The smallest absolute Gasteiger partial charge is 0.213 e. The molecule has 64 valence electrons. The Balaban J connectivity index is 3.11. The van der Waals surface area contributed by atoms with Gasteiger partial charge in [0.05, 0.1) is 5.54 Å². The molecule has 0 aliphatic heterocycles. The van der Waals surface area contributed by atoms with Crippen molar-refractivity contribution in [2.75, 3.05) is 6.54 Å². The van der Waals surface area contributed by atoms with E-state index in [-0.39, 0.29) is 5.54 Å². The third-order valence-corrected chi connectivity index (χ3v) is 1.89. The molecule has 0 amide bonds. The van der Waals surface area contributed by atoms with Crippen molar-refractivity contribution in [1.82, 2.24) is 9.55 Å². The van der Waals surface area contributed by atoms with Gasteiger partial charge in [-0.3, -0.25) is 0 Å². The number of imidazole rings is 1. The third-order valence-electron chi connectivity index (χ3n) is 1.89. The maximum atomic E-state index is 8.69. The molecule has 1 rings (SSSR count). The van der Waals surface area contributed by atoms with Crippen LogP contribution in [0.15, 0.2) is 12.4 Å². The van der Waals surface area contributed by atoms with Crippen molar-refractivity contribution in [1.29, 1.82) is 5.26 Å². The van der Waals surface area contributed by atoms with Crippen LogP contribution in [-0.4, -0.2) is 16.1 Å². The lowest BCUT2D eigenvalue weighted by Gasteiger charge is -2.24. The molecule has 0 spiro atoms. The fourth-order valence-electron chi connectivity index (χ4n) is 0.973. The van der Waals surface area contributed by atoms with Gasteiger partial charge in [-0.25, -0.2) is 4.98 Å². The van der Waals surface area contributed by atoms with E-state index in [4.69, 9.17) is 11.0 Å². The number of nitriles is 1. The number of hydrogen-bond acceptors (Lipinski definition) is 3. The van der Waals surface area contributed by atoms with E-state index in [2.05, 4.69) is 4.98 Å². The normalized spacial score (nSPS) is 11.2. The van der Waals surface area contributed by atoms with Gasteiger partial charge >= 0.3 is 0 Å². The van der Waals surface area contributed by atoms with Gasteiger partial charge in [-0.05, 0) is 13.8 Å². The molecular formula is C8H12N4. The molecule has 4 heteroatoms. The highest BCUT2D eigenvalue weighted by Crippen LogP contribution is 2.14. The largest absolute Gasteiger partial charge is 0.328 e. The molecule has 4 nitrogen and oxygen atoms in total. The Morgan fingerprint density at radius 2 is 2.42 bits per heavy atom. The van der Waals surface area contributed by atoms with E-state index >= 15 is 0 Å². The average molecular weight is 164 g/mol. The molecule has 0 aliphatic carbocycles. The highest BCUT2D eigenvalue weighted by molar-refractivity contribution is 5.13. The first-order valence-electron chi connectivity index (χ1n) is 3.76. The molecule has 0 saturated heterocycles. The van der Waals surface area contributed by atoms with Crippen LogP contribution in [0.2, 0.25) is 0 Å². The summed E-state index contributed by atoms with van der Waals surface area (Å²) in [6.07, 6.45) is 3.38. The Kier molecular flexibility index (Phi) is 2.15. The Morgan fingerprint density at radius 1 is 1.75 bits per heavy atom. The highest BCUT2D eigenvalue weighted by atomic mass is 15.1. The van der Waals surface area contributed by atoms with Gasteiger partial charge in [-0.1, -0.05) is 0 Å². The van der Waals surface area contributed by atoms with Crippen LogP contribution in [0, 0.1) is 11.3 Å². The summed E-state index contributed by atoms with van der Waals surface area (Å²) >= 11 is 0. The van der Waals surface area contributed by atoms with E-state index in [9.17, 15) is 0 Å². The van der Waals surface area contributed by atoms with Crippen molar-refractivity contribution in [3.8, 4) is 6.07 Å². The molecule has 1 aromatic rings. The zero-order valence-corrected chi connectivity index (χ0v) is 7.28. The van der Waals surface area contributed by atoms with Crippen LogP contribution in [-0.2, 0) is 5.54 Å². The summed E-state index contributed by atoms with van der Waals surface area (Å²) < 4.78 is 1.78. The molecule has 0 bridgehead atoms. The van der Waals surface area contributed by atoms with Crippen molar-refractivity contribution >= 4 is 0 Å². The first-order valence-corrected chi connectivity index (χ1v) is 3.76. The Hall–Kier alpha value is -1.34. The van der Waals surface area contributed by atoms with Gasteiger partial charge in [0.25, 0.3) is 0 Å². The maximum Gasteiger partial charge on any atom is 0.213 e. The lowest BCUT2D eigenvalue weighted by molar-refractivity contribution is 0.363. The third kappa shape index (κ3) is 1.31. The van der Waals surface area contributed by atoms with Crippen LogP contribution in [0.3, 0.4) is 0 Å². The lowest BCUT2D eigenvalue weighted by Crippen LogP contribution is -2.35. The van der Waals surface area contributed by atoms with Gasteiger partial charge in [0.1, 0.15) is 6.07 Å². The SMILES string of the molecule is CC(C)(CN)n1ccnc1C#N. The highest BCUT2D eigenvalue weighted by Gasteiger charge is 2.20. The molecular weight excluding hydrogens is 152 g/mol. The van der Waals surface area contributed by atoms with Crippen molar-refractivity contribution < 1.29 is 0 Å². The van der Waals surface area contributed by atoms with E-state index in [0.717, 1.165) is 0 Å². The fraction of sp³-hybridized carbons (Fsp3) is 0.500. The molecule has 0 aromatic carbocycles. The average Bonchev–Trinajstić information content (AvgIpc) is 2.52. The van der Waals surface area contributed by atoms with E-state index in [1.54, 1.807) is 17.0 Å². The molecule has 0 atom stereocenters. The summed E-state index contributed by atoms with van der Waals surface area (Å²) in [6.45, 7) is 4.42. The standard InChI is InChI=1S/C8H12N4/c1-8(2,6-10)12-4-3-11-7(12)5-9/h3-4H,6,10H2,1-2H3. The van der Waals surface area contributed by atoms with Gasteiger partial charge in [-0.15, -0.1) is 0 Å². The molecule has 12 heavy (non-hydrogen) atoms. The van der Waals surface area contributed by atoms with Crippen LogP contribution >= 0.6 is 0 Å². The first-order chi connectivity index (χ1) is 5.61. The Morgan fingerprint density at radius 3 is 2.92 bits per heavy atom. The molecule has 1 heterocycles. The van der Waals surface area contributed by atoms with Crippen molar-refractivity contribution in [2.45, 2.75) is 19.4 Å². The summed E-state index contributed by atoms with van der Waals surface area (Å²) in [5.41, 5.74) is 5.33. The predicted octanol–water partition coefficient (Wildman–Crippen LogP) is 0.449. The number of rotatable bonds is 2. The second kappa shape index (κ2) is 2.95. The Labute approximate surface area is 71.6 Å². The van der Waals surface area contributed by atoms with Crippen molar-refractivity contribution in [3.63, 3.8) is 0 Å². The van der Waals surface area contributed by atoms with Crippen molar-refractivity contribution in [3.05, 3.63) is 18.2 Å². The minimum Gasteiger partial charge on any atom is -0.328 e. The molecule has 0 aliphatic rings. The predicted molar refractivity (Wildman–Crippen MR) is 45.3 cm³/mol. The molecule has 0 saturated carbocycles.